The molecule has 0 saturated heterocycles. The van der Waals surface area contributed by atoms with Crippen LogP contribution in [0.25, 0.3) is 0 Å². The van der Waals surface area contributed by atoms with Crippen molar-refractivity contribution in [2.75, 3.05) is 7.05 Å². The van der Waals surface area contributed by atoms with Crippen LogP contribution in [0, 0.1) is 0 Å². The molecule has 0 fully saturated rings. The molecule has 0 aliphatic carbocycles. The Kier molecular flexibility index (Phi) is 4.59. The molecule has 0 radical (unpaired) electrons. The summed E-state index contributed by atoms with van der Waals surface area (Å²) in [5, 5.41) is 2.45. The predicted octanol–water partition coefficient (Wildman–Crippen LogP) is 0.667. The summed E-state index contributed by atoms with van der Waals surface area (Å²) in [6.45, 7) is 0. The Balaban J connectivity index is 0.000000161. The first-order chi connectivity index (χ1) is 10.2. The van der Waals surface area contributed by atoms with Crippen LogP contribution < -0.4 is 5.32 Å². The molecule has 0 bridgehead atoms. The SMILES string of the molecule is CNC(=O)n1ccnc1.O=C(n1ccnc1)n1ccnc1. The zero-order valence-electron chi connectivity index (χ0n) is 11.2. The number of aromatic nitrogens is 6. The zero-order chi connectivity index (χ0) is 15.1. The summed E-state index contributed by atoms with van der Waals surface area (Å²) in [6, 6.07) is -0.363. The molecule has 0 aliphatic heterocycles. The Morgan fingerprint density at radius 3 is 1.57 bits per heavy atom. The second-order valence-electron chi connectivity index (χ2n) is 3.75. The predicted molar refractivity (Wildman–Crippen MR) is 72.7 cm³/mol. The lowest BCUT2D eigenvalue weighted by molar-refractivity contribution is 0.243. The van der Waals surface area contributed by atoms with E-state index in [1.165, 1.54) is 32.7 Å². The van der Waals surface area contributed by atoms with Crippen LogP contribution in [0.2, 0.25) is 0 Å². The van der Waals surface area contributed by atoms with E-state index in [0.29, 0.717) is 0 Å². The highest BCUT2D eigenvalue weighted by Crippen LogP contribution is 1.92. The summed E-state index contributed by atoms with van der Waals surface area (Å²) < 4.78 is 4.11. The average molecular weight is 287 g/mol. The molecule has 0 unspecified atom stereocenters. The van der Waals surface area contributed by atoms with Crippen molar-refractivity contribution in [2.24, 2.45) is 0 Å². The molecule has 108 valence electrons. The molecule has 0 atom stereocenters. The molecule has 3 rings (SSSR count). The Morgan fingerprint density at radius 1 is 0.810 bits per heavy atom. The van der Waals surface area contributed by atoms with Gasteiger partial charge in [0.2, 0.25) is 0 Å². The van der Waals surface area contributed by atoms with E-state index in [-0.39, 0.29) is 12.1 Å². The molecular formula is C12H13N7O2. The number of nitrogens with one attached hydrogen (secondary N) is 1. The summed E-state index contributed by atoms with van der Waals surface area (Å²) >= 11 is 0. The maximum atomic E-state index is 11.4. The van der Waals surface area contributed by atoms with Gasteiger partial charge in [0.15, 0.2) is 0 Å². The van der Waals surface area contributed by atoms with Gasteiger partial charge in [-0.25, -0.2) is 24.5 Å². The van der Waals surface area contributed by atoms with Crippen molar-refractivity contribution >= 4 is 12.1 Å². The Labute approximate surface area is 119 Å². The van der Waals surface area contributed by atoms with Gasteiger partial charge in [-0.3, -0.25) is 13.7 Å². The normalized spacial score (nSPS) is 9.57. The van der Waals surface area contributed by atoms with E-state index in [2.05, 4.69) is 20.3 Å². The van der Waals surface area contributed by atoms with E-state index in [0.717, 1.165) is 0 Å². The van der Waals surface area contributed by atoms with Crippen molar-refractivity contribution in [3.63, 3.8) is 0 Å². The first kappa shape index (κ1) is 14.2. The van der Waals surface area contributed by atoms with Gasteiger partial charge in [0.05, 0.1) is 0 Å². The smallest absolute Gasteiger partial charge is 0.338 e. The van der Waals surface area contributed by atoms with Gasteiger partial charge in [-0.15, -0.1) is 0 Å². The minimum absolute atomic E-state index is 0.174. The lowest BCUT2D eigenvalue weighted by Gasteiger charge is -1.98. The molecule has 1 amide bonds. The largest absolute Gasteiger partial charge is 0.340 e. The Morgan fingerprint density at radius 2 is 1.24 bits per heavy atom. The van der Waals surface area contributed by atoms with Gasteiger partial charge in [0, 0.05) is 44.2 Å². The van der Waals surface area contributed by atoms with Crippen molar-refractivity contribution in [2.45, 2.75) is 0 Å². The first-order valence-electron chi connectivity index (χ1n) is 5.93. The second kappa shape index (κ2) is 6.80. The topological polar surface area (TPSA) is 99.6 Å². The summed E-state index contributed by atoms with van der Waals surface area (Å²) in [5.41, 5.74) is 0. The van der Waals surface area contributed by atoms with Crippen LogP contribution in [0.3, 0.4) is 0 Å². The number of hydrogen-bond acceptors (Lipinski definition) is 5. The van der Waals surface area contributed by atoms with E-state index < -0.39 is 0 Å². The minimum atomic E-state index is -0.190. The number of amides is 1. The average Bonchev–Trinajstić information content (AvgIpc) is 3.29. The van der Waals surface area contributed by atoms with Crippen LogP contribution in [0.1, 0.15) is 0 Å². The number of carbonyl (C=O) groups is 2. The summed E-state index contributed by atoms with van der Waals surface area (Å²) in [5.74, 6) is 0. The highest BCUT2D eigenvalue weighted by Gasteiger charge is 2.03. The van der Waals surface area contributed by atoms with Crippen molar-refractivity contribution in [1.29, 1.82) is 0 Å². The van der Waals surface area contributed by atoms with Gasteiger partial charge in [-0.2, -0.15) is 0 Å². The van der Waals surface area contributed by atoms with E-state index in [4.69, 9.17) is 0 Å². The number of imidazole rings is 3. The van der Waals surface area contributed by atoms with E-state index in [9.17, 15) is 9.59 Å². The molecule has 0 spiro atoms. The van der Waals surface area contributed by atoms with E-state index in [1.807, 2.05) is 0 Å². The molecular weight excluding hydrogens is 274 g/mol. The van der Waals surface area contributed by atoms with E-state index in [1.54, 1.807) is 44.2 Å². The maximum Gasteiger partial charge on any atom is 0.338 e. The van der Waals surface area contributed by atoms with Gasteiger partial charge in [0.1, 0.15) is 19.0 Å². The molecule has 3 heterocycles. The lowest BCUT2D eigenvalue weighted by Crippen LogP contribution is -2.22. The van der Waals surface area contributed by atoms with Crippen LogP contribution >= 0.6 is 0 Å². The summed E-state index contributed by atoms with van der Waals surface area (Å²) in [7, 11) is 1.57. The fourth-order valence-corrected chi connectivity index (χ4v) is 1.39. The number of hydrogen-bond donors (Lipinski definition) is 1. The Bertz CT molecular complexity index is 635. The number of rotatable bonds is 0. The third-order valence-corrected chi connectivity index (χ3v) is 2.40. The fourth-order valence-electron chi connectivity index (χ4n) is 1.39. The Hall–Kier alpha value is -3.23. The van der Waals surface area contributed by atoms with Crippen LogP contribution in [0.5, 0.6) is 0 Å². The molecule has 9 heteroatoms. The van der Waals surface area contributed by atoms with Crippen molar-refractivity contribution in [3.8, 4) is 0 Å². The number of nitrogens with zero attached hydrogens (tertiary/aromatic N) is 6. The standard InChI is InChI=1S/C7H6N4O.C5H7N3O/c12-7(10-3-1-8-5-10)11-4-2-9-6-11;1-6-5(9)8-3-2-7-4-8/h1-6H;2-4H,1H3,(H,6,9). The monoisotopic (exact) mass is 287 g/mol. The van der Waals surface area contributed by atoms with Crippen LogP contribution in [0.15, 0.2) is 56.2 Å². The second-order valence-corrected chi connectivity index (χ2v) is 3.75. The summed E-state index contributed by atoms with van der Waals surface area (Å²) in [4.78, 5) is 33.3. The molecule has 3 aromatic rings. The third-order valence-electron chi connectivity index (χ3n) is 2.40. The highest BCUT2D eigenvalue weighted by atomic mass is 16.2. The highest BCUT2D eigenvalue weighted by molar-refractivity contribution is 5.78. The third kappa shape index (κ3) is 3.62. The van der Waals surface area contributed by atoms with Gasteiger partial charge in [0.25, 0.3) is 0 Å². The fraction of sp³-hybridized carbons (Fsp3) is 0.0833. The van der Waals surface area contributed by atoms with Crippen molar-refractivity contribution < 1.29 is 9.59 Å². The quantitative estimate of drug-likeness (QED) is 0.655. The van der Waals surface area contributed by atoms with Gasteiger partial charge in [-0.05, 0) is 0 Å². The minimum Gasteiger partial charge on any atom is -0.340 e. The van der Waals surface area contributed by atoms with Crippen LogP contribution in [-0.4, -0.2) is 47.8 Å². The lowest BCUT2D eigenvalue weighted by atomic mass is 10.8. The van der Waals surface area contributed by atoms with Crippen molar-refractivity contribution in [3.05, 3.63) is 56.2 Å². The maximum absolute atomic E-state index is 11.4. The van der Waals surface area contributed by atoms with Gasteiger partial charge < -0.3 is 5.32 Å². The molecule has 21 heavy (non-hydrogen) atoms. The van der Waals surface area contributed by atoms with Crippen LogP contribution in [-0.2, 0) is 0 Å². The molecule has 9 nitrogen and oxygen atoms in total. The molecule has 0 aromatic carbocycles. The van der Waals surface area contributed by atoms with Gasteiger partial charge >= 0.3 is 12.1 Å². The summed E-state index contributed by atoms with van der Waals surface area (Å²) in [6.07, 6.45) is 13.7. The van der Waals surface area contributed by atoms with E-state index >= 15 is 0 Å². The number of carbonyl (C=O) groups excluding carboxylic acids is 2. The molecule has 3 aromatic heterocycles. The first-order valence-corrected chi connectivity index (χ1v) is 5.93. The zero-order valence-corrected chi connectivity index (χ0v) is 11.2. The van der Waals surface area contributed by atoms with Crippen LogP contribution in [0.4, 0.5) is 9.59 Å². The molecule has 0 saturated carbocycles. The molecule has 1 N–H and O–H groups in total. The molecule has 0 aliphatic rings. The van der Waals surface area contributed by atoms with Gasteiger partial charge in [-0.1, -0.05) is 0 Å². The van der Waals surface area contributed by atoms with Crippen molar-refractivity contribution in [1.82, 2.24) is 34.0 Å².